The van der Waals surface area contributed by atoms with Gasteiger partial charge >= 0.3 is 0 Å². The summed E-state index contributed by atoms with van der Waals surface area (Å²) in [6.07, 6.45) is 12.8. The van der Waals surface area contributed by atoms with E-state index in [-0.39, 0.29) is 0 Å². The molecule has 3 heteroatoms. The molecule has 0 aromatic rings. The van der Waals surface area contributed by atoms with Crippen molar-refractivity contribution >= 4 is 0 Å². The number of morpholine rings is 1. The number of nitrogens with two attached hydrogens (primary N) is 1. The topological polar surface area (TPSA) is 38.5 Å². The van der Waals surface area contributed by atoms with Crippen molar-refractivity contribution in [3.05, 3.63) is 34.9 Å². The molecular formula is C21H38N2O. The smallest absolute Gasteiger partial charge is 0.0623 e. The van der Waals surface area contributed by atoms with E-state index in [0.29, 0.717) is 6.04 Å². The minimum Gasteiger partial charge on any atom is -0.378 e. The fourth-order valence-electron chi connectivity index (χ4n) is 3.00. The highest BCUT2D eigenvalue weighted by molar-refractivity contribution is 5.06. The molecule has 1 heterocycles. The first-order valence-electron chi connectivity index (χ1n) is 9.49. The van der Waals surface area contributed by atoms with Gasteiger partial charge in [0.1, 0.15) is 0 Å². The van der Waals surface area contributed by atoms with Crippen LogP contribution in [-0.4, -0.2) is 43.8 Å². The van der Waals surface area contributed by atoms with E-state index in [1.165, 1.54) is 29.6 Å². The molecular weight excluding hydrogens is 296 g/mol. The third-order valence-corrected chi connectivity index (χ3v) is 4.65. The number of rotatable bonds is 10. The lowest BCUT2D eigenvalue weighted by Gasteiger charge is -2.34. The molecule has 1 aliphatic rings. The van der Waals surface area contributed by atoms with Crippen molar-refractivity contribution in [2.75, 3.05) is 32.8 Å². The quantitative estimate of drug-likeness (QED) is 0.600. The van der Waals surface area contributed by atoms with Gasteiger partial charge in [-0.3, -0.25) is 4.90 Å². The molecule has 0 saturated carbocycles. The summed E-state index contributed by atoms with van der Waals surface area (Å²) in [4.78, 5) is 2.51. The van der Waals surface area contributed by atoms with Gasteiger partial charge in [0.15, 0.2) is 0 Å². The van der Waals surface area contributed by atoms with Crippen molar-refractivity contribution in [1.29, 1.82) is 0 Å². The first kappa shape index (κ1) is 21.1. The van der Waals surface area contributed by atoms with E-state index >= 15 is 0 Å². The first-order chi connectivity index (χ1) is 11.5. The summed E-state index contributed by atoms with van der Waals surface area (Å²) < 4.78 is 5.58. The summed E-state index contributed by atoms with van der Waals surface area (Å²) >= 11 is 0. The highest BCUT2D eigenvalue weighted by Crippen LogP contribution is 2.13. The second-order valence-corrected chi connectivity index (χ2v) is 7.26. The van der Waals surface area contributed by atoms with E-state index in [0.717, 1.165) is 52.1 Å². The van der Waals surface area contributed by atoms with Gasteiger partial charge in [-0.05, 0) is 66.3 Å². The van der Waals surface area contributed by atoms with Crippen LogP contribution in [0.5, 0.6) is 0 Å². The standard InChI is InChI=1S/C21H38N2O/c1-18(2)7-5-8-19(3)9-6-10-20(4)12-14-23-15-16-24-17-21(23)11-13-22/h7,9,12,21H,5-6,8,10-11,13-17,22H2,1-4H3. The number of hydrogen-bond acceptors (Lipinski definition) is 3. The van der Waals surface area contributed by atoms with Crippen molar-refractivity contribution < 1.29 is 4.74 Å². The van der Waals surface area contributed by atoms with Crippen LogP contribution in [0.25, 0.3) is 0 Å². The summed E-state index contributed by atoms with van der Waals surface area (Å²) in [6.45, 7) is 13.3. The Labute approximate surface area is 149 Å². The molecule has 1 unspecified atom stereocenters. The average Bonchev–Trinajstić information content (AvgIpc) is 2.54. The summed E-state index contributed by atoms with van der Waals surface area (Å²) in [5.41, 5.74) is 10.1. The second-order valence-electron chi connectivity index (χ2n) is 7.26. The van der Waals surface area contributed by atoms with E-state index in [2.05, 4.69) is 50.8 Å². The van der Waals surface area contributed by atoms with Crippen LogP contribution < -0.4 is 5.73 Å². The molecule has 1 rings (SSSR count). The van der Waals surface area contributed by atoms with Crippen molar-refractivity contribution in [3.8, 4) is 0 Å². The Kier molecular flexibility index (Phi) is 11.0. The number of nitrogens with zero attached hydrogens (tertiary/aromatic N) is 1. The van der Waals surface area contributed by atoms with Crippen LogP contribution in [0.15, 0.2) is 34.9 Å². The fraction of sp³-hybridized carbons (Fsp3) is 0.714. The van der Waals surface area contributed by atoms with Gasteiger partial charge in [-0.2, -0.15) is 0 Å². The Morgan fingerprint density at radius 2 is 1.71 bits per heavy atom. The molecule has 0 aromatic carbocycles. The summed E-state index contributed by atoms with van der Waals surface area (Å²) in [5, 5.41) is 0. The predicted octanol–water partition coefficient (Wildman–Crippen LogP) is 4.46. The zero-order valence-electron chi connectivity index (χ0n) is 16.3. The zero-order valence-corrected chi connectivity index (χ0v) is 16.3. The predicted molar refractivity (Wildman–Crippen MR) is 105 cm³/mol. The van der Waals surface area contributed by atoms with Crippen molar-refractivity contribution in [2.24, 2.45) is 5.73 Å². The molecule has 138 valence electrons. The summed E-state index contributed by atoms with van der Waals surface area (Å²) in [7, 11) is 0. The number of ether oxygens (including phenoxy) is 1. The Hall–Kier alpha value is -0.900. The van der Waals surface area contributed by atoms with Crippen LogP contribution in [0.4, 0.5) is 0 Å². The molecule has 1 fully saturated rings. The molecule has 1 atom stereocenters. The van der Waals surface area contributed by atoms with Gasteiger partial charge in [0.25, 0.3) is 0 Å². The van der Waals surface area contributed by atoms with E-state index in [1.807, 2.05) is 0 Å². The fourth-order valence-corrected chi connectivity index (χ4v) is 3.00. The number of allylic oxidation sites excluding steroid dienone is 5. The highest BCUT2D eigenvalue weighted by atomic mass is 16.5. The third-order valence-electron chi connectivity index (χ3n) is 4.65. The SMILES string of the molecule is CC(C)=CCCC(C)=CCCC(C)=CCN1CCOCC1CCN. The van der Waals surface area contributed by atoms with E-state index in [1.54, 1.807) is 0 Å². The average molecular weight is 335 g/mol. The molecule has 0 spiro atoms. The molecule has 0 amide bonds. The van der Waals surface area contributed by atoms with Crippen LogP contribution in [0, 0.1) is 0 Å². The molecule has 1 aliphatic heterocycles. The summed E-state index contributed by atoms with van der Waals surface area (Å²) in [6, 6.07) is 0.491. The Bertz CT molecular complexity index is 431. The minimum absolute atomic E-state index is 0.491. The Morgan fingerprint density at radius 1 is 1.04 bits per heavy atom. The maximum atomic E-state index is 5.72. The van der Waals surface area contributed by atoms with Gasteiger partial charge in [0.05, 0.1) is 13.2 Å². The summed E-state index contributed by atoms with van der Waals surface area (Å²) in [5.74, 6) is 0. The minimum atomic E-state index is 0.491. The second kappa shape index (κ2) is 12.5. The van der Waals surface area contributed by atoms with Gasteiger partial charge in [-0.1, -0.05) is 34.9 Å². The monoisotopic (exact) mass is 334 g/mol. The number of hydrogen-bond donors (Lipinski definition) is 1. The molecule has 1 saturated heterocycles. The van der Waals surface area contributed by atoms with E-state index in [4.69, 9.17) is 10.5 Å². The van der Waals surface area contributed by atoms with Crippen LogP contribution in [0.2, 0.25) is 0 Å². The normalized spacial score (nSPS) is 20.3. The van der Waals surface area contributed by atoms with Crippen molar-refractivity contribution in [1.82, 2.24) is 4.90 Å². The maximum absolute atomic E-state index is 5.72. The van der Waals surface area contributed by atoms with Crippen LogP contribution in [0.3, 0.4) is 0 Å². The molecule has 0 aliphatic carbocycles. The van der Waals surface area contributed by atoms with Crippen molar-refractivity contribution in [2.45, 2.75) is 65.8 Å². The van der Waals surface area contributed by atoms with Gasteiger partial charge < -0.3 is 10.5 Å². The van der Waals surface area contributed by atoms with Gasteiger partial charge in [0, 0.05) is 19.1 Å². The highest BCUT2D eigenvalue weighted by Gasteiger charge is 2.20. The van der Waals surface area contributed by atoms with Gasteiger partial charge in [0.2, 0.25) is 0 Å². The van der Waals surface area contributed by atoms with Gasteiger partial charge in [-0.25, -0.2) is 0 Å². The largest absolute Gasteiger partial charge is 0.378 e. The lowest BCUT2D eigenvalue weighted by Crippen LogP contribution is -2.46. The molecule has 0 bridgehead atoms. The lowest BCUT2D eigenvalue weighted by atomic mass is 10.1. The molecule has 24 heavy (non-hydrogen) atoms. The Morgan fingerprint density at radius 3 is 2.38 bits per heavy atom. The van der Waals surface area contributed by atoms with E-state index in [9.17, 15) is 0 Å². The van der Waals surface area contributed by atoms with Crippen LogP contribution in [0.1, 0.15) is 59.8 Å². The molecule has 0 radical (unpaired) electrons. The zero-order chi connectivity index (χ0) is 17.8. The molecule has 2 N–H and O–H groups in total. The van der Waals surface area contributed by atoms with Crippen LogP contribution in [-0.2, 0) is 4.74 Å². The third kappa shape index (κ3) is 9.41. The first-order valence-corrected chi connectivity index (χ1v) is 9.49. The molecule has 3 nitrogen and oxygen atoms in total. The lowest BCUT2D eigenvalue weighted by molar-refractivity contribution is -0.00369. The van der Waals surface area contributed by atoms with Gasteiger partial charge in [-0.15, -0.1) is 0 Å². The van der Waals surface area contributed by atoms with Crippen LogP contribution >= 0.6 is 0 Å². The maximum Gasteiger partial charge on any atom is 0.0623 e. The van der Waals surface area contributed by atoms with Crippen molar-refractivity contribution in [3.63, 3.8) is 0 Å². The van der Waals surface area contributed by atoms with E-state index < -0.39 is 0 Å². The Balaban J connectivity index is 2.31. The molecule has 0 aromatic heterocycles.